The number of hydrogen-bond donors (Lipinski definition) is 3. The predicted molar refractivity (Wildman–Crippen MR) is 81.7 cm³/mol. The Labute approximate surface area is 131 Å². The van der Waals surface area contributed by atoms with E-state index in [1.165, 1.54) is 6.07 Å². The molecular formula is C13H18BrFN2O3S. The second-order valence-corrected chi connectivity index (χ2v) is 7.92. The Bertz CT molecular complexity index is 631. The van der Waals surface area contributed by atoms with E-state index in [1.807, 2.05) is 0 Å². The Kier molecular flexibility index (Phi) is 4.92. The van der Waals surface area contributed by atoms with Crippen LogP contribution in [0.25, 0.3) is 0 Å². The van der Waals surface area contributed by atoms with Crippen molar-refractivity contribution in [1.82, 2.24) is 4.72 Å². The maximum Gasteiger partial charge on any atom is 0.244 e. The van der Waals surface area contributed by atoms with Crippen molar-refractivity contribution in [2.75, 3.05) is 12.3 Å². The van der Waals surface area contributed by atoms with Gasteiger partial charge in [0.1, 0.15) is 4.90 Å². The number of nitrogens with one attached hydrogen (secondary N) is 1. The minimum Gasteiger partial charge on any atom is -0.399 e. The SMILES string of the molecule is Nc1cc(Br)c(F)c(S(=O)(=O)NC2(CO)CCCCC2)c1. The summed E-state index contributed by atoms with van der Waals surface area (Å²) in [6.07, 6.45) is 3.72. The first kappa shape index (κ1) is 16.7. The Balaban J connectivity index is 2.38. The number of benzene rings is 1. The molecule has 1 fully saturated rings. The molecular weight excluding hydrogens is 363 g/mol. The molecule has 0 bridgehead atoms. The Morgan fingerprint density at radius 1 is 1.33 bits per heavy atom. The second-order valence-electron chi connectivity index (χ2n) is 5.42. The summed E-state index contributed by atoms with van der Waals surface area (Å²) in [4.78, 5) is -0.507. The van der Waals surface area contributed by atoms with Crippen LogP contribution in [0.15, 0.2) is 21.5 Å². The number of aliphatic hydroxyl groups excluding tert-OH is 1. The van der Waals surface area contributed by atoms with E-state index in [2.05, 4.69) is 20.7 Å². The van der Waals surface area contributed by atoms with Gasteiger partial charge in [0.15, 0.2) is 5.82 Å². The normalized spacial score (nSPS) is 18.6. The molecule has 1 aliphatic rings. The summed E-state index contributed by atoms with van der Waals surface area (Å²) in [5.41, 5.74) is 4.81. The van der Waals surface area contributed by atoms with E-state index in [1.54, 1.807) is 0 Å². The van der Waals surface area contributed by atoms with E-state index in [9.17, 15) is 17.9 Å². The monoisotopic (exact) mass is 380 g/mol. The van der Waals surface area contributed by atoms with Crippen molar-refractivity contribution in [3.05, 3.63) is 22.4 Å². The Morgan fingerprint density at radius 2 is 1.95 bits per heavy atom. The van der Waals surface area contributed by atoms with Crippen molar-refractivity contribution in [3.63, 3.8) is 0 Å². The zero-order valence-corrected chi connectivity index (χ0v) is 13.8. The van der Waals surface area contributed by atoms with Crippen LogP contribution >= 0.6 is 15.9 Å². The maximum absolute atomic E-state index is 14.1. The molecule has 8 heteroatoms. The predicted octanol–water partition coefficient (Wildman–Crippen LogP) is 2.14. The van der Waals surface area contributed by atoms with Crippen LogP contribution in [-0.2, 0) is 10.0 Å². The van der Waals surface area contributed by atoms with Crippen LogP contribution < -0.4 is 10.5 Å². The molecule has 0 heterocycles. The fourth-order valence-electron chi connectivity index (χ4n) is 2.64. The lowest BCUT2D eigenvalue weighted by molar-refractivity contribution is 0.142. The van der Waals surface area contributed by atoms with E-state index in [0.717, 1.165) is 25.3 Å². The van der Waals surface area contributed by atoms with Crippen LogP contribution in [-0.4, -0.2) is 25.7 Å². The van der Waals surface area contributed by atoms with Gasteiger partial charge in [-0.25, -0.2) is 17.5 Å². The first-order chi connectivity index (χ1) is 9.80. The molecule has 21 heavy (non-hydrogen) atoms. The Morgan fingerprint density at radius 3 is 2.52 bits per heavy atom. The fourth-order valence-corrected chi connectivity index (χ4v) is 4.84. The van der Waals surface area contributed by atoms with Gasteiger partial charge in [0.05, 0.1) is 16.6 Å². The summed E-state index contributed by atoms with van der Waals surface area (Å²) in [7, 11) is -4.10. The van der Waals surface area contributed by atoms with E-state index >= 15 is 0 Å². The van der Waals surface area contributed by atoms with Crippen LogP contribution in [0.4, 0.5) is 10.1 Å². The molecule has 0 atom stereocenters. The number of nitrogen functional groups attached to an aromatic ring is 1. The topological polar surface area (TPSA) is 92.4 Å². The van der Waals surface area contributed by atoms with E-state index in [-0.39, 0.29) is 16.8 Å². The first-order valence-corrected chi connectivity index (χ1v) is 8.97. The zero-order chi connectivity index (χ0) is 15.7. The molecule has 0 aliphatic heterocycles. The molecule has 5 nitrogen and oxygen atoms in total. The molecule has 4 N–H and O–H groups in total. The maximum atomic E-state index is 14.1. The minimum atomic E-state index is -4.10. The number of nitrogens with two attached hydrogens (primary N) is 1. The van der Waals surface area contributed by atoms with Gasteiger partial charge in [-0.2, -0.15) is 0 Å². The smallest absolute Gasteiger partial charge is 0.244 e. The number of hydrogen-bond acceptors (Lipinski definition) is 4. The van der Waals surface area contributed by atoms with Gasteiger partial charge in [-0.05, 0) is 40.9 Å². The molecule has 0 saturated heterocycles. The first-order valence-electron chi connectivity index (χ1n) is 6.69. The highest BCUT2D eigenvalue weighted by atomic mass is 79.9. The number of aliphatic hydroxyl groups is 1. The van der Waals surface area contributed by atoms with Crippen molar-refractivity contribution < 1.29 is 17.9 Å². The van der Waals surface area contributed by atoms with Gasteiger partial charge in [-0.15, -0.1) is 0 Å². The van der Waals surface area contributed by atoms with Crippen LogP contribution in [0.1, 0.15) is 32.1 Å². The molecule has 0 radical (unpaired) electrons. The number of sulfonamides is 1. The summed E-state index contributed by atoms with van der Waals surface area (Å²) in [6, 6.07) is 2.38. The zero-order valence-electron chi connectivity index (χ0n) is 11.4. The molecule has 0 unspecified atom stereocenters. The third-order valence-electron chi connectivity index (χ3n) is 3.77. The van der Waals surface area contributed by atoms with Crippen LogP contribution in [0, 0.1) is 5.82 Å². The molecule has 1 aromatic carbocycles. The summed E-state index contributed by atoms with van der Waals surface area (Å²) < 4.78 is 41.4. The van der Waals surface area contributed by atoms with Gasteiger partial charge in [-0.3, -0.25) is 0 Å². The van der Waals surface area contributed by atoms with Gasteiger partial charge >= 0.3 is 0 Å². The van der Waals surface area contributed by atoms with Crippen LogP contribution in [0.3, 0.4) is 0 Å². The third-order valence-corrected chi connectivity index (χ3v) is 5.93. The third kappa shape index (κ3) is 3.56. The van der Waals surface area contributed by atoms with Gasteiger partial charge < -0.3 is 10.8 Å². The van der Waals surface area contributed by atoms with Crippen LogP contribution in [0.5, 0.6) is 0 Å². The molecule has 1 saturated carbocycles. The summed E-state index contributed by atoms with van der Waals surface area (Å²) in [5, 5.41) is 9.58. The number of rotatable bonds is 4. The summed E-state index contributed by atoms with van der Waals surface area (Å²) in [5.74, 6) is -0.888. The largest absolute Gasteiger partial charge is 0.399 e. The molecule has 0 amide bonds. The number of halogens is 2. The lowest BCUT2D eigenvalue weighted by Crippen LogP contribution is -2.52. The molecule has 118 valence electrons. The van der Waals surface area contributed by atoms with E-state index < -0.39 is 26.3 Å². The molecule has 1 aromatic rings. The van der Waals surface area contributed by atoms with Crippen LogP contribution in [0.2, 0.25) is 0 Å². The summed E-state index contributed by atoms with van der Waals surface area (Å²) in [6.45, 7) is -0.308. The average molecular weight is 381 g/mol. The fraction of sp³-hybridized carbons (Fsp3) is 0.538. The molecule has 0 spiro atoms. The van der Waals surface area contributed by atoms with Crippen molar-refractivity contribution in [2.24, 2.45) is 0 Å². The highest BCUT2D eigenvalue weighted by Gasteiger charge is 2.37. The van der Waals surface area contributed by atoms with E-state index in [4.69, 9.17) is 5.73 Å². The van der Waals surface area contributed by atoms with Gasteiger partial charge in [0.25, 0.3) is 0 Å². The van der Waals surface area contributed by atoms with Crippen molar-refractivity contribution >= 4 is 31.6 Å². The van der Waals surface area contributed by atoms with Crippen molar-refractivity contribution in [2.45, 2.75) is 42.5 Å². The van der Waals surface area contributed by atoms with Gasteiger partial charge in [-0.1, -0.05) is 19.3 Å². The van der Waals surface area contributed by atoms with Crippen molar-refractivity contribution in [1.29, 1.82) is 0 Å². The summed E-state index contributed by atoms with van der Waals surface area (Å²) >= 11 is 2.95. The lowest BCUT2D eigenvalue weighted by Gasteiger charge is -2.36. The minimum absolute atomic E-state index is 0.00966. The van der Waals surface area contributed by atoms with Gasteiger partial charge in [0, 0.05) is 5.69 Å². The second kappa shape index (κ2) is 6.20. The quantitative estimate of drug-likeness (QED) is 0.697. The molecule has 1 aliphatic carbocycles. The van der Waals surface area contributed by atoms with Crippen molar-refractivity contribution in [3.8, 4) is 0 Å². The standard InChI is InChI=1S/C13H18BrFN2O3S/c14-10-6-9(16)7-11(12(10)15)21(19,20)17-13(8-18)4-2-1-3-5-13/h6-7,17-18H,1-5,8,16H2. The van der Waals surface area contributed by atoms with E-state index in [0.29, 0.717) is 12.8 Å². The van der Waals surface area contributed by atoms with Gasteiger partial charge in [0.2, 0.25) is 10.0 Å². The average Bonchev–Trinajstić information content (AvgIpc) is 2.43. The molecule has 2 rings (SSSR count). The highest BCUT2D eigenvalue weighted by Crippen LogP contribution is 2.31. The molecule has 0 aromatic heterocycles. The Hall–Kier alpha value is -0.700. The lowest BCUT2D eigenvalue weighted by atomic mass is 9.83. The number of anilines is 1. The highest BCUT2D eigenvalue weighted by molar-refractivity contribution is 9.10.